The summed E-state index contributed by atoms with van der Waals surface area (Å²) in [7, 11) is 1.54. The standard InChI is InChI=1S/C26H17FN2O4S/c1-13-7-10-19-16(11-13)23(30)21-22(15-5-3-4-6-18(15)32-2)29(25(31)24(21)33-19)26-28-17-9-8-14(27)12-20(17)34-26/h3-12,22H,1-2H3. The highest BCUT2D eigenvalue weighted by Gasteiger charge is 2.46. The van der Waals surface area contributed by atoms with Crippen LogP contribution in [-0.2, 0) is 0 Å². The van der Waals surface area contributed by atoms with Crippen LogP contribution in [0.1, 0.15) is 33.3 Å². The van der Waals surface area contributed by atoms with Gasteiger partial charge in [0.1, 0.15) is 23.2 Å². The van der Waals surface area contributed by atoms with Gasteiger partial charge in [-0.1, -0.05) is 41.2 Å². The molecule has 168 valence electrons. The molecule has 1 aliphatic heterocycles. The Hall–Kier alpha value is -4.04. The van der Waals surface area contributed by atoms with E-state index in [9.17, 15) is 14.0 Å². The second-order valence-electron chi connectivity index (χ2n) is 8.10. The number of aromatic nitrogens is 1. The van der Waals surface area contributed by atoms with Gasteiger partial charge in [-0.05, 0) is 43.3 Å². The van der Waals surface area contributed by atoms with E-state index < -0.39 is 17.8 Å². The number of thiazole rings is 1. The van der Waals surface area contributed by atoms with E-state index in [0.29, 0.717) is 37.6 Å². The van der Waals surface area contributed by atoms with Crippen molar-refractivity contribution in [3.63, 3.8) is 0 Å². The minimum Gasteiger partial charge on any atom is -0.496 e. The van der Waals surface area contributed by atoms with Crippen LogP contribution in [0.4, 0.5) is 9.52 Å². The lowest BCUT2D eigenvalue weighted by Gasteiger charge is -2.24. The monoisotopic (exact) mass is 472 g/mol. The number of anilines is 1. The van der Waals surface area contributed by atoms with Crippen LogP contribution >= 0.6 is 11.3 Å². The Balaban J connectivity index is 1.67. The molecule has 1 amide bonds. The SMILES string of the molecule is COc1ccccc1C1c2c(oc3ccc(C)cc3c2=O)C(=O)N1c1nc2ccc(F)cc2s1. The van der Waals surface area contributed by atoms with Crippen molar-refractivity contribution >= 4 is 43.6 Å². The average Bonchev–Trinajstić information content (AvgIpc) is 3.37. The molecule has 6 rings (SSSR count). The van der Waals surface area contributed by atoms with Gasteiger partial charge >= 0.3 is 0 Å². The van der Waals surface area contributed by atoms with Gasteiger partial charge in [0, 0.05) is 5.56 Å². The number of hydrogen-bond donors (Lipinski definition) is 0. The van der Waals surface area contributed by atoms with E-state index in [4.69, 9.17) is 9.15 Å². The van der Waals surface area contributed by atoms with E-state index in [0.717, 1.165) is 5.56 Å². The number of amides is 1. The number of nitrogens with zero attached hydrogens (tertiary/aromatic N) is 2. The summed E-state index contributed by atoms with van der Waals surface area (Å²) in [6.45, 7) is 1.89. The Bertz CT molecular complexity index is 1690. The van der Waals surface area contributed by atoms with Gasteiger partial charge in [-0.2, -0.15) is 0 Å². The number of methoxy groups -OCH3 is 1. The van der Waals surface area contributed by atoms with Crippen LogP contribution in [0.5, 0.6) is 5.75 Å². The third-order valence-electron chi connectivity index (χ3n) is 6.00. The number of aryl methyl sites for hydroxylation is 1. The molecule has 34 heavy (non-hydrogen) atoms. The highest BCUT2D eigenvalue weighted by atomic mass is 32.1. The summed E-state index contributed by atoms with van der Waals surface area (Å²) >= 11 is 1.18. The summed E-state index contributed by atoms with van der Waals surface area (Å²) in [4.78, 5) is 33.5. The smallest absolute Gasteiger partial charge is 0.297 e. The van der Waals surface area contributed by atoms with Crippen LogP contribution in [-0.4, -0.2) is 18.0 Å². The number of ether oxygens (including phenoxy) is 1. The Morgan fingerprint density at radius 1 is 1.09 bits per heavy atom. The summed E-state index contributed by atoms with van der Waals surface area (Å²) < 4.78 is 26.0. The number of rotatable bonds is 3. The van der Waals surface area contributed by atoms with E-state index in [1.54, 1.807) is 24.3 Å². The molecule has 3 aromatic carbocycles. The fourth-order valence-corrected chi connectivity index (χ4v) is 5.48. The molecule has 0 bridgehead atoms. The van der Waals surface area contributed by atoms with Crippen molar-refractivity contribution in [2.75, 3.05) is 12.0 Å². The van der Waals surface area contributed by atoms with Crippen molar-refractivity contribution in [2.24, 2.45) is 0 Å². The molecule has 2 aromatic heterocycles. The highest BCUT2D eigenvalue weighted by Crippen LogP contribution is 2.45. The third-order valence-corrected chi connectivity index (χ3v) is 7.02. The molecule has 0 radical (unpaired) electrons. The zero-order valence-corrected chi connectivity index (χ0v) is 19.0. The van der Waals surface area contributed by atoms with Crippen LogP contribution in [0.2, 0.25) is 0 Å². The molecular formula is C26H17FN2O4S. The number of halogens is 1. The Morgan fingerprint density at radius 3 is 2.74 bits per heavy atom. The fraction of sp³-hybridized carbons (Fsp3) is 0.115. The first-order chi connectivity index (χ1) is 16.5. The van der Waals surface area contributed by atoms with E-state index in [2.05, 4.69) is 4.98 Å². The lowest BCUT2D eigenvalue weighted by Crippen LogP contribution is -2.29. The maximum absolute atomic E-state index is 13.8. The number of carbonyl (C=O) groups excluding carboxylic acids is 1. The van der Waals surface area contributed by atoms with Gasteiger partial charge in [-0.3, -0.25) is 14.5 Å². The number of fused-ring (bicyclic) bond motifs is 3. The Kier molecular flexibility index (Phi) is 4.53. The molecule has 1 unspecified atom stereocenters. The first kappa shape index (κ1) is 20.6. The van der Waals surface area contributed by atoms with Crippen LogP contribution in [0.15, 0.2) is 69.9 Å². The third kappa shape index (κ3) is 2.95. The van der Waals surface area contributed by atoms with E-state index in [1.807, 2.05) is 31.2 Å². The largest absolute Gasteiger partial charge is 0.496 e. The first-order valence-corrected chi connectivity index (χ1v) is 11.4. The molecule has 0 spiro atoms. The number of hydrogen-bond acceptors (Lipinski definition) is 6. The maximum Gasteiger partial charge on any atom is 0.297 e. The van der Waals surface area contributed by atoms with Crippen molar-refractivity contribution in [1.82, 2.24) is 4.98 Å². The van der Waals surface area contributed by atoms with Crippen LogP contribution in [0.3, 0.4) is 0 Å². The van der Waals surface area contributed by atoms with E-state index in [-0.39, 0.29) is 16.8 Å². The van der Waals surface area contributed by atoms with Crippen LogP contribution < -0.4 is 15.1 Å². The van der Waals surface area contributed by atoms with Gasteiger partial charge in [0.15, 0.2) is 10.6 Å². The number of benzene rings is 3. The number of para-hydroxylation sites is 1. The average molecular weight is 472 g/mol. The van der Waals surface area contributed by atoms with Gasteiger partial charge in [0.25, 0.3) is 5.91 Å². The van der Waals surface area contributed by atoms with Crippen LogP contribution in [0, 0.1) is 12.7 Å². The summed E-state index contributed by atoms with van der Waals surface area (Å²) in [5, 5.41) is 0.743. The molecular weight excluding hydrogens is 455 g/mol. The molecule has 6 nitrogen and oxygen atoms in total. The molecule has 0 saturated carbocycles. The van der Waals surface area contributed by atoms with Crippen molar-refractivity contribution in [3.05, 3.63) is 99.2 Å². The van der Waals surface area contributed by atoms with E-state index >= 15 is 0 Å². The van der Waals surface area contributed by atoms with Gasteiger partial charge in [0.2, 0.25) is 5.76 Å². The minimum absolute atomic E-state index is 0.0253. The predicted molar refractivity (Wildman–Crippen MR) is 128 cm³/mol. The summed E-state index contributed by atoms with van der Waals surface area (Å²) in [6, 6.07) is 16.0. The van der Waals surface area contributed by atoms with Crippen LogP contribution in [0.25, 0.3) is 21.2 Å². The maximum atomic E-state index is 13.8. The molecule has 0 aliphatic carbocycles. The highest BCUT2D eigenvalue weighted by molar-refractivity contribution is 7.22. The normalized spacial score (nSPS) is 15.3. The molecule has 8 heteroatoms. The van der Waals surface area contributed by atoms with Gasteiger partial charge in [-0.15, -0.1) is 0 Å². The molecule has 5 aromatic rings. The molecule has 0 fully saturated rings. The topological polar surface area (TPSA) is 72.6 Å². The fourth-order valence-electron chi connectivity index (χ4n) is 4.46. The van der Waals surface area contributed by atoms with Crippen molar-refractivity contribution in [2.45, 2.75) is 13.0 Å². The van der Waals surface area contributed by atoms with Crippen molar-refractivity contribution in [1.29, 1.82) is 0 Å². The lowest BCUT2D eigenvalue weighted by molar-refractivity contribution is 0.0971. The summed E-state index contributed by atoms with van der Waals surface area (Å²) in [5.74, 6) is -0.375. The molecule has 1 atom stereocenters. The zero-order chi connectivity index (χ0) is 23.6. The molecule has 1 aliphatic rings. The minimum atomic E-state index is -0.815. The van der Waals surface area contributed by atoms with Crippen molar-refractivity contribution < 1.29 is 18.3 Å². The van der Waals surface area contributed by atoms with Gasteiger partial charge in [0.05, 0.1) is 28.3 Å². The Labute approximate surface area is 196 Å². The summed E-state index contributed by atoms with van der Waals surface area (Å²) in [5.41, 5.74) is 2.39. The van der Waals surface area contributed by atoms with Crippen molar-refractivity contribution in [3.8, 4) is 5.75 Å². The van der Waals surface area contributed by atoms with Gasteiger partial charge < -0.3 is 9.15 Å². The zero-order valence-electron chi connectivity index (χ0n) is 18.2. The molecule has 0 N–H and O–H groups in total. The first-order valence-electron chi connectivity index (χ1n) is 10.6. The molecule has 3 heterocycles. The lowest BCUT2D eigenvalue weighted by atomic mass is 9.97. The second-order valence-corrected chi connectivity index (χ2v) is 9.11. The Morgan fingerprint density at radius 2 is 1.91 bits per heavy atom. The quantitative estimate of drug-likeness (QED) is 0.341. The van der Waals surface area contributed by atoms with E-state index in [1.165, 1.54) is 35.5 Å². The second kappa shape index (κ2) is 7.50. The summed E-state index contributed by atoms with van der Waals surface area (Å²) in [6.07, 6.45) is 0. The number of carbonyl (C=O) groups is 1. The van der Waals surface area contributed by atoms with Gasteiger partial charge in [-0.25, -0.2) is 9.37 Å². The predicted octanol–water partition coefficient (Wildman–Crippen LogP) is 5.61. The molecule has 0 saturated heterocycles.